The standard InChI is InChI=1S/C16H16N2O3S/c1-4-12(2)18(15-6-5-11-22-15)16(19)17-21-14-9-7-13(20-3)8-10-14/h1,5-12H,2-3H3,(H,17,19). The van der Waals surface area contributed by atoms with E-state index in [1.54, 1.807) is 38.3 Å². The topological polar surface area (TPSA) is 50.8 Å². The fraction of sp³-hybridized carbons (Fsp3) is 0.188. The summed E-state index contributed by atoms with van der Waals surface area (Å²) in [5, 5.41) is 2.63. The van der Waals surface area contributed by atoms with Crippen molar-refractivity contribution in [3.63, 3.8) is 0 Å². The SMILES string of the molecule is C#CC(C)N(C(=O)NOc1ccc(OC)cc1)c1cccs1. The number of nitrogens with zero attached hydrogens (tertiary/aromatic N) is 1. The zero-order chi connectivity index (χ0) is 15.9. The Morgan fingerprint density at radius 3 is 2.55 bits per heavy atom. The van der Waals surface area contributed by atoms with Crippen LogP contribution in [0.3, 0.4) is 0 Å². The highest BCUT2D eigenvalue weighted by Gasteiger charge is 2.22. The molecule has 2 rings (SSSR count). The lowest BCUT2D eigenvalue weighted by molar-refractivity contribution is 0.182. The van der Waals surface area contributed by atoms with Crippen molar-refractivity contribution in [1.82, 2.24) is 5.48 Å². The Kier molecular flexibility index (Phi) is 5.28. The second-order valence-corrected chi connectivity index (χ2v) is 5.27. The van der Waals surface area contributed by atoms with Crippen molar-refractivity contribution in [2.24, 2.45) is 0 Å². The Labute approximate surface area is 133 Å². The largest absolute Gasteiger partial charge is 0.497 e. The van der Waals surface area contributed by atoms with E-state index in [0.29, 0.717) is 11.5 Å². The number of urea groups is 1. The highest BCUT2D eigenvalue weighted by atomic mass is 32.1. The third-order valence-corrected chi connectivity index (χ3v) is 3.77. The number of hydroxylamine groups is 1. The average molecular weight is 316 g/mol. The molecule has 5 nitrogen and oxygen atoms in total. The van der Waals surface area contributed by atoms with Crippen LogP contribution in [0.4, 0.5) is 9.80 Å². The Morgan fingerprint density at radius 1 is 1.32 bits per heavy atom. The number of carbonyl (C=O) groups is 1. The lowest BCUT2D eigenvalue weighted by Gasteiger charge is -2.24. The number of ether oxygens (including phenoxy) is 1. The van der Waals surface area contributed by atoms with Crippen molar-refractivity contribution in [3.05, 3.63) is 41.8 Å². The predicted octanol–water partition coefficient (Wildman–Crippen LogP) is 3.29. The second kappa shape index (κ2) is 7.38. The number of benzene rings is 1. The Morgan fingerprint density at radius 2 is 2.00 bits per heavy atom. The van der Waals surface area contributed by atoms with Crippen LogP contribution in [-0.2, 0) is 0 Å². The molecule has 2 amide bonds. The molecular weight excluding hydrogens is 300 g/mol. The minimum Gasteiger partial charge on any atom is -0.497 e. The number of terminal acetylenes is 1. The van der Waals surface area contributed by atoms with Gasteiger partial charge in [0.25, 0.3) is 0 Å². The van der Waals surface area contributed by atoms with Crippen LogP contribution in [0.5, 0.6) is 11.5 Å². The first-order valence-electron chi connectivity index (χ1n) is 6.55. The normalized spacial score (nSPS) is 11.1. The third-order valence-electron chi connectivity index (χ3n) is 2.91. The molecule has 0 saturated carbocycles. The Hall–Kier alpha value is -2.65. The molecule has 0 aliphatic heterocycles. The summed E-state index contributed by atoms with van der Waals surface area (Å²) < 4.78 is 5.06. The minimum atomic E-state index is -0.427. The second-order valence-electron chi connectivity index (χ2n) is 4.35. The van der Waals surface area contributed by atoms with Crippen molar-refractivity contribution in [3.8, 4) is 23.8 Å². The number of thiophene rings is 1. The van der Waals surface area contributed by atoms with Crippen molar-refractivity contribution in [2.75, 3.05) is 12.0 Å². The zero-order valence-electron chi connectivity index (χ0n) is 12.3. The Balaban J connectivity index is 2.03. The molecule has 1 aromatic heterocycles. The van der Waals surface area contributed by atoms with Gasteiger partial charge in [-0.05, 0) is 48.7 Å². The number of carbonyl (C=O) groups excluding carboxylic acids is 1. The third kappa shape index (κ3) is 3.71. The molecule has 22 heavy (non-hydrogen) atoms. The quantitative estimate of drug-likeness (QED) is 0.680. The fourth-order valence-corrected chi connectivity index (χ4v) is 2.55. The summed E-state index contributed by atoms with van der Waals surface area (Å²) in [6.07, 6.45) is 5.43. The summed E-state index contributed by atoms with van der Waals surface area (Å²) in [7, 11) is 1.58. The molecule has 1 heterocycles. The molecule has 1 aromatic carbocycles. The molecule has 1 unspecified atom stereocenters. The molecule has 1 N–H and O–H groups in total. The van der Waals surface area contributed by atoms with Gasteiger partial charge >= 0.3 is 6.03 Å². The van der Waals surface area contributed by atoms with E-state index in [1.807, 2.05) is 17.5 Å². The molecular formula is C16H16N2O3S. The van der Waals surface area contributed by atoms with E-state index < -0.39 is 12.1 Å². The van der Waals surface area contributed by atoms with E-state index in [9.17, 15) is 4.79 Å². The number of hydrogen-bond acceptors (Lipinski definition) is 4. The first-order chi connectivity index (χ1) is 10.7. The summed E-state index contributed by atoms with van der Waals surface area (Å²) in [6, 6.07) is 9.73. The molecule has 0 fully saturated rings. The molecule has 0 bridgehead atoms. The van der Waals surface area contributed by atoms with Crippen LogP contribution in [0.25, 0.3) is 0 Å². The van der Waals surface area contributed by atoms with Crippen LogP contribution in [-0.4, -0.2) is 19.2 Å². The summed E-state index contributed by atoms with van der Waals surface area (Å²) >= 11 is 1.43. The van der Waals surface area contributed by atoms with Gasteiger partial charge in [0.05, 0.1) is 13.2 Å². The molecule has 2 aromatic rings. The minimum absolute atomic E-state index is 0.391. The van der Waals surface area contributed by atoms with Crippen LogP contribution in [0.1, 0.15) is 6.92 Å². The van der Waals surface area contributed by atoms with Crippen molar-refractivity contribution >= 4 is 22.4 Å². The molecule has 114 valence electrons. The molecule has 0 spiro atoms. The van der Waals surface area contributed by atoms with Crippen LogP contribution < -0.4 is 20.0 Å². The molecule has 0 radical (unpaired) electrons. The maximum atomic E-state index is 12.3. The number of rotatable bonds is 5. The van der Waals surface area contributed by atoms with Gasteiger partial charge in [-0.1, -0.05) is 5.92 Å². The van der Waals surface area contributed by atoms with Crippen molar-refractivity contribution < 1.29 is 14.4 Å². The highest BCUT2D eigenvalue weighted by molar-refractivity contribution is 7.14. The number of methoxy groups -OCH3 is 1. The molecule has 0 aliphatic rings. The molecule has 0 aliphatic carbocycles. The summed E-state index contributed by atoms with van der Waals surface area (Å²) in [5.41, 5.74) is 2.40. The van der Waals surface area contributed by atoms with E-state index in [4.69, 9.17) is 16.0 Å². The van der Waals surface area contributed by atoms with Gasteiger partial charge in [-0.15, -0.1) is 17.8 Å². The van der Waals surface area contributed by atoms with Crippen molar-refractivity contribution in [1.29, 1.82) is 0 Å². The van der Waals surface area contributed by atoms with Gasteiger partial charge < -0.3 is 9.57 Å². The molecule has 6 heteroatoms. The van der Waals surface area contributed by atoms with Gasteiger partial charge in [0.1, 0.15) is 10.8 Å². The smallest absolute Gasteiger partial charge is 0.356 e. The van der Waals surface area contributed by atoms with Gasteiger partial charge in [-0.25, -0.2) is 4.79 Å². The predicted molar refractivity (Wildman–Crippen MR) is 87.2 cm³/mol. The van der Waals surface area contributed by atoms with E-state index in [-0.39, 0.29) is 0 Å². The number of nitrogens with one attached hydrogen (secondary N) is 1. The summed E-state index contributed by atoms with van der Waals surface area (Å²) in [6.45, 7) is 1.77. The van der Waals surface area contributed by atoms with Crippen LogP contribution in [0.2, 0.25) is 0 Å². The summed E-state index contributed by atoms with van der Waals surface area (Å²) in [5.74, 6) is 3.75. The van der Waals surface area contributed by atoms with Crippen LogP contribution >= 0.6 is 11.3 Å². The number of amides is 2. The van der Waals surface area contributed by atoms with Crippen LogP contribution in [0, 0.1) is 12.3 Å². The van der Waals surface area contributed by atoms with Gasteiger partial charge in [0.15, 0.2) is 5.75 Å². The van der Waals surface area contributed by atoms with E-state index >= 15 is 0 Å². The molecule has 0 saturated heterocycles. The number of hydrogen-bond donors (Lipinski definition) is 1. The number of anilines is 1. The summed E-state index contributed by atoms with van der Waals surface area (Å²) in [4.78, 5) is 19.1. The van der Waals surface area contributed by atoms with Gasteiger partial charge in [0, 0.05) is 0 Å². The Bertz CT molecular complexity index is 647. The lowest BCUT2D eigenvalue weighted by atomic mass is 10.3. The lowest BCUT2D eigenvalue weighted by Crippen LogP contribution is -2.45. The molecule has 1 atom stereocenters. The maximum Gasteiger partial charge on any atom is 0.356 e. The monoisotopic (exact) mass is 316 g/mol. The first kappa shape index (κ1) is 15.7. The maximum absolute atomic E-state index is 12.3. The average Bonchev–Trinajstić information content (AvgIpc) is 3.07. The van der Waals surface area contributed by atoms with E-state index in [2.05, 4.69) is 11.4 Å². The van der Waals surface area contributed by atoms with Gasteiger partial charge in [-0.3, -0.25) is 4.90 Å². The van der Waals surface area contributed by atoms with Crippen LogP contribution in [0.15, 0.2) is 41.8 Å². The first-order valence-corrected chi connectivity index (χ1v) is 7.43. The van der Waals surface area contributed by atoms with E-state index in [0.717, 1.165) is 5.00 Å². The highest BCUT2D eigenvalue weighted by Crippen LogP contribution is 2.23. The fourth-order valence-electron chi connectivity index (χ4n) is 1.74. The van der Waals surface area contributed by atoms with Gasteiger partial charge in [-0.2, -0.15) is 5.48 Å². The van der Waals surface area contributed by atoms with Gasteiger partial charge in [0.2, 0.25) is 0 Å². The van der Waals surface area contributed by atoms with Crippen molar-refractivity contribution in [2.45, 2.75) is 13.0 Å². The zero-order valence-corrected chi connectivity index (χ0v) is 13.1. The van der Waals surface area contributed by atoms with E-state index in [1.165, 1.54) is 16.2 Å².